The van der Waals surface area contributed by atoms with Crippen molar-refractivity contribution in [1.82, 2.24) is 14.7 Å². The molecule has 0 unspecified atom stereocenters. The van der Waals surface area contributed by atoms with Crippen LogP contribution in [0, 0.1) is 5.41 Å². The van der Waals surface area contributed by atoms with E-state index in [1.165, 1.54) is 0 Å². The number of carbonyl (C=O) groups is 1. The summed E-state index contributed by atoms with van der Waals surface area (Å²) in [5.41, 5.74) is 7.26. The van der Waals surface area contributed by atoms with Crippen molar-refractivity contribution in [2.45, 2.75) is 33.2 Å². The summed E-state index contributed by atoms with van der Waals surface area (Å²) >= 11 is 0. The summed E-state index contributed by atoms with van der Waals surface area (Å²) in [6.45, 7) is 4.90. The Balaban J connectivity index is 0.00000220. The average Bonchev–Trinajstić information content (AvgIpc) is 2.95. The molecule has 22 heavy (non-hydrogen) atoms. The van der Waals surface area contributed by atoms with E-state index in [9.17, 15) is 4.79 Å². The van der Waals surface area contributed by atoms with Crippen LogP contribution in [0.25, 0.3) is 5.65 Å². The molecule has 0 aliphatic carbocycles. The Morgan fingerprint density at radius 3 is 2.59 bits per heavy atom. The molecule has 0 saturated heterocycles. The molecule has 2 rings (SSSR count). The van der Waals surface area contributed by atoms with E-state index in [4.69, 9.17) is 5.73 Å². The van der Waals surface area contributed by atoms with E-state index in [-0.39, 0.29) is 30.7 Å². The van der Waals surface area contributed by atoms with E-state index < -0.39 is 5.41 Å². The second-order valence-corrected chi connectivity index (χ2v) is 5.10. The van der Waals surface area contributed by atoms with Crippen LogP contribution in [-0.4, -0.2) is 21.8 Å². The molecule has 7 heteroatoms. The number of aromatic nitrogens is 2. The number of hydrogen-bond donors (Lipinski definition) is 2. The molecule has 0 saturated carbocycles. The first-order chi connectivity index (χ1) is 9.65. The molecule has 5 nitrogen and oxygen atoms in total. The Morgan fingerprint density at radius 2 is 2.00 bits per heavy atom. The number of imidazole rings is 1. The molecule has 2 aromatic heterocycles. The van der Waals surface area contributed by atoms with Crippen molar-refractivity contribution in [3.63, 3.8) is 0 Å². The van der Waals surface area contributed by atoms with Crippen LogP contribution in [0.5, 0.6) is 0 Å². The summed E-state index contributed by atoms with van der Waals surface area (Å²) in [6.07, 6.45) is 7.10. The van der Waals surface area contributed by atoms with Gasteiger partial charge in [-0.1, -0.05) is 13.8 Å². The van der Waals surface area contributed by atoms with E-state index >= 15 is 0 Å². The number of carbonyl (C=O) groups excluding carboxylic acids is 1. The van der Waals surface area contributed by atoms with Gasteiger partial charge >= 0.3 is 0 Å². The lowest BCUT2D eigenvalue weighted by Crippen LogP contribution is -2.45. The highest BCUT2D eigenvalue weighted by molar-refractivity contribution is 5.85. The van der Waals surface area contributed by atoms with Crippen molar-refractivity contribution in [2.24, 2.45) is 11.1 Å². The zero-order chi connectivity index (χ0) is 14.6. The first kappa shape index (κ1) is 20.7. The average molecular weight is 347 g/mol. The second kappa shape index (κ2) is 8.98. The Kier molecular flexibility index (Phi) is 8.45. The number of rotatable bonds is 6. The molecule has 2 aromatic rings. The monoisotopic (exact) mass is 346 g/mol. The van der Waals surface area contributed by atoms with Crippen molar-refractivity contribution in [2.75, 3.05) is 6.54 Å². The molecular formula is C15H24Cl2N4O. The molecule has 0 aliphatic heterocycles. The fourth-order valence-corrected chi connectivity index (χ4v) is 2.38. The Labute approximate surface area is 143 Å². The Morgan fingerprint density at radius 1 is 1.32 bits per heavy atom. The summed E-state index contributed by atoms with van der Waals surface area (Å²) in [4.78, 5) is 16.6. The molecule has 1 amide bonds. The second-order valence-electron chi connectivity index (χ2n) is 5.10. The minimum Gasteiger partial charge on any atom is -0.351 e. The highest BCUT2D eigenvalue weighted by atomic mass is 35.5. The highest BCUT2D eigenvalue weighted by Gasteiger charge is 2.32. The summed E-state index contributed by atoms with van der Waals surface area (Å²) in [5.74, 6) is 0.0354. The van der Waals surface area contributed by atoms with Gasteiger partial charge in [0.1, 0.15) is 5.65 Å². The summed E-state index contributed by atoms with van der Waals surface area (Å²) < 4.78 is 1.94. The van der Waals surface area contributed by atoms with Crippen LogP contribution in [0.4, 0.5) is 0 Å². The smallest absolute Gasteiger partial charge is 0.227 e. The van der Waals surface area contributed by atoms with Crippen molar-refractivity contribution in [3.8, 4) is 0 Å². The molecule has 0 aliphatic rings. The summed E-state index contributed by atoms with van der Waals surface area (Å²) in [7, 11) is 0. The fraction of sp³-hybridized carbons (Fsp3) is 0.467. The van der Waals surface area contributed by atoms with E-state index in [1.54, 1.807) is 6.20 Å². The van der Waals surface area contributed by atoms with Gasteiger partial charge in [-0.2, -0.15) is 0 Å². The molecule has 0 radical (unpaired) electrons. The lowest BCUT2D eigenvalue weighted by atomic mass is 9.81. The number of halogens is 2. The van der Waals surface area contributed by atoms with E-state index in [2.05, 4.69) is 10.3 Å². The molecule has 0 atom stereocenters. The molecule has 3 N–H and O–H groups in total. The van der Waals surface area contributed by atoms with Crippen LogP contribution in [0.3, 0.4) is 0 Å². The van der Waals surface area contributed by atoms with Gasteiger partial charge in [-0.3, -0.25) is 4.79 Å². The Bertz CT molecular complexity index is 588. The predicted octanol–water partition coefficient (Wildman–Crippen LogP) is 2.56. The molecule has 0 aromatic carbocycles. The number of nitrogens with one attached hydrogen (secondary N) is 1. The van der Waals surface area contributed by atoms with Crippen LogP contribution in [0.2, 0.25) is 0 Å². The lowest BCUT2D eigenvalue weighted by Gasteiger charge is -2.28. The zero-order valence-corrected chi connectivity index (χ0v) is 14.5. The number of pyridine rings is 1. The topological polar surface area (TPSA) is 72.4 Å². The quantitative estimate of drug-likeness (QED) is 0.844. The van der Waals surface area contributed by atoms with Gasteiger partial charge in [0, 0.05) is 31.7 Å². The van der Waals surface area contributed by atoms with Gasteiger partial charge in [0.2, 0.25) is 5.91 Å². The van der Waals surface area contributed by atoms with Gasteiger partial charge in [-0.15, -0.1) is 24.8 Å². The standard InChI is InChI=1S/C15H22N4O.2ClH/c1-3-15(4-2,11-16)14(20)18-10-12-5-7-19-8-6-17-13(19)9-12;;/h5-9H,3-4,10-11,16H2,1-2H3,(H,18,20);2*1H. The third kappa shape index (κ3) is 4.12. The maximum absolute atomic E-state index is 12.3. The number of nitrogens with two attached hydrogens (primary N) is 1. The van der Waals surface area contributed by atoms with Crippen LogP contribution in [0.15, 0.2) is 30.7 Å². The molecule has 124 valence electrons. The van der Waals surface area contributed by atoms with Gasteiger partial charge in [0.15, 0.2) is 0 Å². The van der Waals surface area contributed by atoms with Crippen molar-refractivity contribution < 1.29 is 4.79 Å². The van der Waals surface area contributed by atoms with Gasteiger partial charge in [0.25, 0.3) is 0 Å². The largest absolute Gasteiger partial charge is 0.351 e. The van der Waals surface area contributed by atoms with Gasteiger partial charge in [-0.05, 0) is 30.5 Å². The third-order valence-electron chi connectivity index (χ3n) is 4.14. The van der Waals surface area contributed by atoms with Crippen LogP contribution >= 0.6 is 24.8 Å². The lowest BCUT2D eigenvalue weighted by molar-refractivity contribution is -0.131. The molecule has 0 fully saturated rings. The van der Waals surface area contributed by atoms with E-state index in [1.807, 2.05) is 42.8 Å². The Hall–Kier alpha value is -1.30. The number of nitrogens with zero attached hydrogens (tertiary/aromatic N) is 2. The van der Waals surface area contributed by atoms with Gasteiger partial charge < -0.3 is 15.5 Å². The summed E-state index contributed by atoms with van der Waals surface area (Å²) in [6, 6.07) is 3.96. The maximum atomic E-state index is 12.3. The van der Waals surface area contributed by atoms with E-state index in [0.717, 1.165) is 24.1 Å². The van der Waals surface area contributed by atoms with Gasteiger partial charge in [-0.25, -0.2) is 4.98 Å². The summed E-state index contributed by atoms with van der Waals surface area (Å²) in [5, 5.41) is 2.99. The minimum atomic E-state index is -0.447. The van der Waals surface area contributed by atoms with Crippen LogP contribution in [-0.2, 0) is 11.3 Å². The number of amides is 1. The first-order valence-electron chi connectivity index (χ1n) is 7.05. The van der Waals surface area contributed by atoms with Crippen molar-refractivity contribution >= 4 is 36.4 Å². The SMILES string of the molecule is CCC(CC)(CN)C(=O)NCc1ccn2ccnc2c1.Cl.Cl. The first-order valence-corrected chi connectivity index (χ1v) is 7.05. The number of fused-ring (bicyclic) bond motifs is 1. The van der Waals surface area contributed by atoms with Crippen molar-refractivity contribution in [3.05, 3.63) is 36.3 Å². The fourth-order valence-electron chi connectivity index (χ4n) is 2.38. The van der Waals surface area contributed by atoms with E-state index in [0.29, 0.717) is 13.1 Å². The minimum absolute atomic E-state index is 0. The highest BCUT2D eigenvalue weighted by Crippen LogP contribution is 2.25. The van der Waals surface area contributed by atoms with Gasteiger partial charge in [0.05, 0.1) is 5.41 Å². The molecule has 0 spiro atoms. The normalized spacial score (nSPS) is 10.7. The van der Waals surface area contributed by atoms with Crippen LogP contribution < -0.4 is 11.1 Å². The van der Waals surface area contributed by atoms with Crippen LogP contribution in [0.1, 0.15) is 32.3 Å². The predicted molar refractivity (Wildman–Crippen MR) is 93.6 cm³/mol. The zero-order valence-electron chi connectivity index (χ0n) is 12.9. The number of hydrogen-bond acceptors (Lipinski definition) is 3. The van der Waals surface area contributed by atoms with Crippen molar-refractivity contribution in [1.29, 1.82) is 0 Å². The third-order valence-corrected chi connectivity index (χ3v) is 4.14. The molecule has 2 heterocycles. The maximum Gasteiger partial charge on any atom is 0.227 e. The molecular weight excluding hydrogens is 323 g/mol. The molecule has 0 bridgehead atoms.